The number of piperidine rings is 1. The van der Waals surface area contributed by atoms with E-state index in [-0.39, 0.29) is 0 Å². The summed E-state index contributed by atoms with van der Waals surface area (Å²) in [4.78, 5) is 6.50. The van der Waals surface area contributed by atoms with Crippen LogP contribution in [0.1, 0.15) is 6.42 Å². The molecular weight excluding hydrogens is 245 g/mol. The van der Waals surface area contributed by atoms with Crippen LogP contribution in [0.5, 0.6) is 0 Å². The molecule has 1 aromatic heterocycles. The Hall–Kier alpha value is -0.510. The quantitative estimate of drug-likeness (QED) is 0.782. The van der Waals surface area contributed by atoms with Gasteiger partial charge in [-0.2, -0.15) is 0 Å². The maximum absolute atomic E-state index is 6.00. The van der Waals surface area contributed by atoms with Crippen molar-refractivity contribution in [3.63, 3.8) is 0 Å². The first-order valence-electron chi connectivity index (χ1n) is 5.52. The summed E-state index contributed by atoms with van der Waals surface area (Å²) >= 11 is 11.8. The number of nitrogens with zero attached hydrogens (tertiary/aromatic N) is 2. The van der Waals surface area contributed by atoms with Gasteiger partial charge in [-0.1, -0.05) is 23.2 Å². The number of halogens is 2. The molecule has 2 bridgehead atoms. The normalized spacial score (nSPS) is 28.5. The van der Waals surface area contributed by atoms with Crippen LogP contribution in [-0.2, 0) is 0 Å². The minimum absolute atomic E-state index is 0.380. The van der Waals surface area contributed by atoms with Crippen LogP contribution in [0.15, 0.2) is 12.3 Å². The van der Waals surface area contributed by atoms with Gasteiger partial charge in [0.25, 0.3) is 0 Å². The van der Waals surface area contributed by atoms with Crippen molar-refractivity contribution in [2.45, 2.75) is 12.5 Å². The van der Waals surface area contributed by atoms with Gasteiger partial charge in [-0.3, -0.25) is 0 Å². The minimum Gasteiger partial charge on any atom is -0.366 e. The number of rotatable bonds is 1. The smallest absolute Gasteiger partial charge is 0.147 e. The van der Waals surface area contributed by atoms with Crippen molar-refractivity contribution in [1.82, 2.24) is 10.3 Å². The molecule has 0 aromatic carbocycles. The van der Waals surface area contributed by atoms with E-state index in [0.717, 1.165) is 31.2 Å². The molecule has 0 aliphatic carbocycles. The molecule has 5 heteroatoms. The molecule has 2 fully saturated rings. The van der Waals surface area contributed by atoms with Gasteiger partial charge in [-0.25, -0.2) is 4.98 Å². The van der Waals surface area contributed by atoms with Gasteiger partial charge >= 0.3 is 0 Å². The highest BCUT2D eigenvalue weighted by Gasteiger charge is 2.35. The van der Waals surface area contributed by atoms with E-state index in [1.54, 1.807) is 0 Å². The van der Waals surface area contributed by atoms with Gasteiger partial charge in [-0.15, -0.1) is 0 Å². The molecule has 3 nitrogen and oxygen atoms in total. The fraction of sp³-hybridized carbons (Fsp3) is 0.545. The zero-order chi connectivity index (χ0) is 11.1. The Bertz CT molecular complexity index is 410. The van der Waals surface area contributed by atoms with Gasteiger partial charge in [0.05, 0.1) is 16.9 Å². The van der Waals surface area contributed by atoms with Gasteiger partial charge < -0.3 is 10.2 Å². The van der Waals surface area contributed by atoms with Crippen LogP contribution in [0.2, 0.25) is 10.2 Å². The number of hydrogen-bond acceptors (Lipinski definition) is 3. The fourth-order valence-corrected chi connectivity index (χ4v) is 2.96. The summed E-state index contributed by atoms with van der Waals surface area (Å²) in [6.07, 6.45) is 3.09. The minimum atomic E-state index is 0.380. The molecule has 2 atom stereocenters. The Labute approximate surface area is 105 Å². The van der Waals surface area contributed by atoms with Crippen LogP contribution in [0.25, 0.3) is 0 Å². The second-order valence-corrected chi connectivity index (χ2v) is 5.30. The Morgan fingerprint density at radius 1 is 1.38 bits per heavy atom. The number of aromatic nitrogens is 1. The summed E-state index contributed by atoms with van der Waals surface area (Å²) in [7, 11) is 0. The second kappa shape index (κ2) is 4.06. The molecular formula is C11H13Cl2N3. The highest BCUT2D eigenvalue weighted by Crippen LogP contribution is 2.33. The first-order chi connectivity index (χ1) is 7.74. The van der Waals surface area contributed by atoms with Gasteiger partial charge in [0.15, 0.2) is 0 Å². The van der Waals surface area contributed by atoms with Crippen molar-refractivity contribution in [3.8, 4) is 0 Å². The molecule has 16 heavy (non-hydrogen) atoms. The van der Waals surface area contributed by atoms with Crippen LogP contribution in [0.4, 0.5) is 5.69 Å². The lowest BCUT2D eigenvalue weighted by atomic mass is 10.0. The average Bonchev–Trinajstić information content (AvgIpc) is 2.58. The van der Waals surface area contributed by atoms with Gasteiger partial charge in [0.1, 0.15) is 5.15 Å². The lowest BCUT2D eigenvalue weighted by Gasteiger charge is -2.26. The fourth-order valence-electron chi connectivity index (χ4n) is 2.69. The van der Waals surface area contributed by atoms with E-state index < -0.39 is 0 Å². The van der Waals surface area contributed by atoms with Crippen LogP contribution in [0, 0.1) is 5.92 Å². The van der Waals surface area contributed by atoms with E-state index in [1.165, 1.54) is 6.42 Å². The van der Waals surface area contributed by atoms with Crippen molar-refractivity contribution < 1.29 is 0 Å². The molecule has 3 rings (SSSR count). The molecule has 1 aromatic rings. The first-order valence-corrected chi connectivity index (χ1v) is 6.28. The first kappa shape index (κ1) is 10.6. The third-order valence-corrected chi connectivity index (χ3v) is 4.11. The highest BCUT2D eigenvalue weighted by molar-refractivity contribution is 6.41. The van der Waals surface area contributed by atoms with E-state index >= 15 is 0 Å². The van der Waals surface area contributed by atoms with Crippen molar-refractivity contribution >= 4 is 28.9 Å². The molecule has 0 amide bonds. The van der Waals surface area contributed by atoms with Crippen molar-refractivity contribution in [1.29, 1.82) is 0 Å². The third-order valence-electron chi connectivity index (χ3n) is 3.43. The molecule has 0 spiro atoms. The zero-order valence-corrected chi connectivity index (χ0v) is 10.3. The molecule has 1 N–H and O–H groups in total. The summed E-state index contributed by atoms with van der Waals surface area (Å²) in [5, 5.41) is 4.37. The third kappa shape index (κ3) is 1.77. The number of hydrogen-bond donors (Lipinski definition) is 1. The van der Waals surface area contributed by atoms with Crippen molar-refractivity contribution in [3.05, 3.63) is 22.4 Å². The molecule has 0 unspecified atom stereocenters. The number of anilines is 1. The van der Waals surface area contributed by atoms with E-state index in [2.05, 4.69) is 15.2 Å². The Morgan fingerprint density at radius 3 is 3.00 bits per heavy atom. The van der Waals surface area contributed by atoms with E-state index in [4.69, 9.17) is 23.2 Å². The summed E-state index contributed by atoms with van der Waals surface area (Å²) in [5.74, 6) is 0.758. The Kier molecular flexibility index (Phi) is 2.70. The lowest BCUT2D eigenvalue weighted by Crippen LogP contribution is -2.39. The maximum atomic E-state index is 6.00. The zero-order valence-electron chi connectivity index (χ0n) is 8.79. The molecule has 2 aliphatic rings. The van der Waals surface area contributed by atoms with E-state index in [1.807, 2.05) is 12.3 Å². The average molecular weight is 258 g/mol. The van der Waals surface area contributed by atoms with Crippen LogP contribution in [0.3, 0.4) is 0 Å². The van der Waals surface area contributed by atoms with Crippen LogP contribution >= 0.6 is 23.2 Å². The predicted octanol–water partition coefficient (Wildman–Crippen LogP) is 2.19. The van der Waals surface area contributed by atoms with Crippen molar-refractivity contribution in [2.75, 3.05) is 24.5 Å². The summed E-state index contributed by atoms with van der Waals surface area (Å²) in [5.41, 5.74) is 1.09. The monoisotopic (exact) mass is 257 g/mol. The lowest BCUT2D eigenvalue weighted by molar-refractivity contribution is 0.434. The molecule has 2 saturated heterocycles. The van der Waals surface area contributed by atoms with E-state index in [9.17, 15) is 0 Å². The van der Waals surface area contributed by atoms with Gasteiger partial charge in [-0.05, 0) is 24.9 Å². The largest absolute Gasteiger partial charge is 0.366 e. The predicted molar refractivity (Wildman–Crippen MR) is 66.4 cm³/mol. The van der Waals surface area contributed by atoms with Crippen LogP contribution < -0.4 is 10.2 Å². The highest BCUT2D eigenvalue weighted by atomic mass is 35.5. The SMILES string of the molecule is Clc1cc(N2C[C@H]3CNC[C@H]2C3)cnc1Cl. The summed E-state index contributed by atoms with van der Waals surface area (Å²) in [6, 6.07) is 2.50. The van der Waals surface area contributed by atoms with Crippen molar-refractivity contribution in [2.24, 2.45) is 5.92 Å². The van der Waals surface area contributed by atoms with Crippen LogP contribution in [-0.4, -0.2) is 30.7 Å². The molecule has 2 aliphatic heterocycles. The molecule has 0 saturated carbocycles. The van der Waals surface area contributed by atoms with Gasteiger partial charge in [0.2, 0.25) is 0 Å². The Morgan fingerprint density at radius 2 is 2.25 bits per heavy atom. The summed E-state index contributed by atoms with van der Waals surface area (Å²) < 4.78 is 0. The maximum Gasteiger partial charge on any atom is 0.147 e. The molecule has 86 valence electrons. The number of pyridine rings is 1. The summed E-state index contributed by atoms with van der Waals surface area (Å²) in [6.45, 7) is 3.27. The Balaban J connectivity index is 1.89. The number of fused-ring (bicyclic) bond motifs is 2. The molecule has 0 radical (unpaired) electrons. The van der Waals surface area contributed by atoms with Gasteiger partial charge in [0, 0.05) is 19.1 Å². The topological polar surface area (TPSA) is 28.2 Å². The standard InChI is InChI=1S/C11H13Cl2N3/c12-10-2-9(5-15-11(10)13)16-6-7-1-8(16)4-14-3-7/h2,5,7-8,14H,1,3-4,6H2/t7-,8-/m1/s1. The number of nitrogens with one attached hydrogen (secondary N) is 1. The second-order valence-electron chi connectivity index (χ2n) is 4.53. The molecule has 3 heterocycles. The van der Waals surface area contributed by atoms with E-state index in [0.29, 0.717) is 16.2 Å².